The first kappa shape index (κ1) is 17.8. The molecule has 0 bridgehead atoms. The molecule has 3 unspecified atom stereocenters. The summed E-state index contributed by atoms with van der Waals surface area (Å²) >= 11 is 0. The maximum atomic E-state index is 11.1. The number of halogens is 1. The number of hydrogen-bond donors (Lipinski definition) is 1. The number of nitrogens with zero attached hydrogens (tertiary/aromatic N) is 1. The molecule has 4 nitrogen and oxygen atoms in total. The topological polar surface area (TPSA) is 46.5 Å². The van der Waals surface area contributed by atoms with Crippen LogP contribution in [0.15, 0.2) is 12.7 Å². The molecule has 0 saturated heterocycles. The first-order valence-corrected chi connectivity index (χ1v) is 5.21. The molecule has 0 rings (SSSR count). The lowest BCUT2D eigenvalue weighted by Gasteiger charge is -2.38. The smallest absolute Gasteiger partial charge is 0.334 e. The molecule has 1 N–H and O–H groups in total. The molecule has 16 heavy (non-hydrogen) atoms. The molecule has 0 aliphatic rings. The van der Waals surface area contributed by atoms with Crippen molar-refractivity contribution in [1.29, 1.82) is 0 Å². The molecule has 96 valence electrons. The predicted molar refractivity (Wildman–Crippen MR) is 59.0 cm³/mol. The number of likely N-dealkylation sites (N-methyl/N-ethyl adjacent to an activating group) is 1. The molecule has 0 amide bonds. The summed E-state index contributed by atoms with van der Waals surface area (Å²) in [4.78, 5) is 11.1. The van der Waals surface area contributed by atoms with Gasteiger partial charge in [-0.3, -0.25) is 4.48 Å². The van der Waals surface area contributed by atoms with Crippen LogP contribution >= 0.6 is 0 Å². The molecule has 0 aromatic rings. The quantitative estimate of drug-likeness (QED) is 0.255. The minimum Gasteiger partial charge on any atom is -1.00 e. The van der Waals surface area contributed by atoms with Gasteiger partial charge in [0.1, 0.15) is 12.6 Å². The van der Waals surface area contributed by atoms with Crippen molar-refractivity contribution in [3.05, 3.63) is 12.7 Å². The maximum absolute atomic E-state index is 11.1. The van der Waals surface area contributed by atoms with Crippen molar-refractivity contribution in [1.82, 2.24) is 0 Å². The fourth-order valence-electron chi connectivity index (χ4n) is 1.48. The van der Waals surface area contributed by atoms with Gasteiger partial charge in [-0.25, -0.2) is 4.79 Å². The van der Waals surface area contributed by atoms with Crippen LogP contribution in [0.2, 0.25) is 0 Å². The van der Waals surface area contributed by atoms with Crippen LogP contribution in [0.5, 0.6) is 0 Å². The number of esters is 1. The third kappa shape index (κ3) is 5.49. The number of hydrogen-bond acceptors (Lipinski definition) is 3. The third-order valence-electron chi connectivity index (χ3n) is 2.73. The molecule has 0 aromatic heterocycles. The summed E-state index contributed by atoms with van der Waals surface area (Å²) in [7, 11) is 1.95. The summed E-state index contributed by atoms with van der Waals surface area (Å²) in [5.41, 5.74) is 0. The summed E-state index contributed by atoms with van der Waals surface area (Å²) < 4.78 is 5.66. The lowest BCUT2D eigenvalue weighted by Crippen LogP contribution is -3.00. The lowest BCUT2D eigenvalue weighted by molar-refractivity contribution is -0.951. The Balaban J connectivity index is 0. The van der Waals surface area contributed by atoms with Gasteiger partial charge in [-0.1, -0.05) is 6.58 Å². The molecule has 0 saturated carbocycles. The highest BCUT2D eigenvalue weighted by Gasteiger charge is 2.31. The average Bonchev–Trinajstić information content (AvgIpc) is 2.16. The number of ether oxygens (including phenoxy) is 1. The molecular weight excluding hydrogens is 230 g/mol. The third-order valence-corrected chi connectivity index (χ3v) is 2.73. The van der Waals surface area contributed by atoms with Gasteiger partial charge in [0.2, 0.25) is 6.23 Å². The molecule has 0 heterocycles. The van der Waals surface area contributed by atoms with E-state index in [0.29, 0.717) is 11.0 Å². The zero-order valence-electron chi connectivity index (χ0n) is 10.4. The van der Waals surface area contributed by atoms with E-state index in [0.717, 1.165) is 12.6 Å². The van der Waals surface area contributed by atoms with E-state index in [1.165, 1.54) is 0 Å². The van der Waals surface area contributed by atoms with Crippen LogP contribution in [0.25, 0.3) is 0 Å². The first-order chi connectivity index (χ1) is 6.85. The van der Waals surface area contributed by atoms with E-state index in [1.54, 1.807) is 6.92 Å². The van der Waals surface area contributed by atoms with E-state index in [1.807, 2.05) is 20.9 Å². The average molecular weight is 252 g/mol. The van der Waals surface area contributed by atoms with Gasteiger partial charge in [-0.2, -0.15) is 0 Å². The fourth-order valence-corrected chi connectivity index (χ4v) is 1.48. The van der Waals surface area contributed by atoms with Gasteiger partial charge >= 0.3 is 5.97 Å². The Morgan fingerprint density at radius 1 is 1.56 bits per heavy atom. The molecule has 0 spiro atoms. The van der Waals surface area contributed by atoms with Crippen molar-refractivity contribution >= 4 is 5.97 Å². The molecule has 0 radical (unpaired) electrons. The number of carbonyl (C=O) groups is 1. The van der Waals surface area contributed by atoms with Crippen LogP contribution in [0.3, 0.4) is 0 Å². The molecule has 0 aliphatic carbocycles. The van der Waals surface area contributed by atoms with Gasteiger partial charge < -0.3 is 22.3 Å². The Morgan fingerprint density at radius 2 is 2.06 bits per heavy atom. The van der Waals surface area contributed by atoms with Crippen molar-refractivity contribution < 1.29 is 31.5 Å². The second-order valence-corrected chi connectivity index (χ2v) is 4.07. The summed E-state index contributed by atoms with van der Waals surface area (Å²) in [5.74, 6) is -0.425. The highest BCUT2D eigenvalue weighted by atomic mass is 35.5. The van der Waals surface area contributed by atoms with Gasteiger partial charge in [0, 0.05) is 13.0 Å². The maximum Gasteiger partial charge on any atom is 0.334 e. The second-order valence-electron chi connectivity index (χ2n) is 4.07. The highest BCUT2D eigenvalue weighted by Crippen LogP contribution is 2.12. The van der Waals surface area contributed by atoms with Crippen molar-refractivity contribution in [2.45, 2.75) is 33.1 Å². The minimum atomic E-state index is -0.425. The van der Waals surface area contributed by atoms with Gasteiger partial charge in [0.25, 0.3) is 0 Å². The van der Waals surface area contributed by atoms with E-state index < -0.39 is 12.1 Å². The number of rotatable bonds is 6. The zero-order chi connectivity index (χ0) is 12.1. The van der Waals surface area contributed by atoms with E-state index >= 15 is 0 Å². The number of quaternary nitrogens is 1. The summed E-state index contributed by atoms with van der Waals surface area (Å²) in [6.07, 6.45) is 0.453. The second kappa shape index (κ2) is 7.65. The van der Waals surface area contributed by atoms with Gasteiger partial charge in [-0.15, -0.1) is 0 Å². The van der Waals surface area contributed by atoms with Gasteiger partial charge in [-0.05, 0) is 13.8 Å². The van der Waals surface area contributed by atoms with Crippen LogP contribution in [0.4, 0.5) is 0 Å². The van der Waals surface area contributed by atoms with Gasteiger partial charge in [0.15, 0.2) is 0 Å². The van der Waals surface area contributed by atoms with Crippen LogP contribution in [0.1, 0.15) is 20.8 Å². The summed E-state index contributed by atoms with van der Waals surface area (Å²) in [6.45, 7) is 10.3. The van der Waals surface area contributed by atoms with E-state index in [9.17, 15) is 9.90 Å². The van der Waals surface area contributed by atoms with Crippen molar-refractivity contribution in [2.75, 3.05) is 20.1 Å². The first-order valence-electron chi connectivity index (χ1n) is 5.21. The van der Waals surface area contributed by atoms with Crippen LogP contribution in [0, 0.1) is 0 Å². The zero-order valence-corrected chi connectivity index (χ0v) is 11.2. The monoisotopic (exact) mass is 251 g/mol. The Hall–Kier alpha value is -0.580. The lowest BCUT2D eigenvalue weighted by atomic mass is 10.3. The number of aliphatic hydroxyl groups excluding tert-OH is 1. The minimum absolute atomic E-state index is 0. The van der Waals surface area contributed by atoms with E-state index in [4.69, 9.17) is 4.74 Å². The van der Waals surface area contributed by atoms with Crippen LogP contribution in [-0.4, -0.2) is 48.0 Å². The van der Waals surface area contributed by atoms with E-state index in [-0.39, 0.29) is 18.6 Å². The number of aliphatic hydroxyl groups is 1. The van der Waals surface area contributed by atoms with Crippen LogP contribution in [-0.2, 0) is 9.53 Å². The normalized spacial score (nSPS) is 17.6. The summed E-state index contributed by atoms with van der Waals surface area (Å²) in [5, 5.41) is 9.38. The van der Waals surface area contributed by atoms with Crippen LogP contribution < -0.4 is 12.4 Å². The van der Waals surface area contributed by atoms with Crippen molar-refractivity contribution in [3.8, 4) is 0 Å². The van der Waals surface area contributed by atoms with E-state index in [2.05, 4.69) is 6.58 Å². The predicted octanol–water partition coefficient (Wildman–Crippen LogP) is -2.09. The Kier molecular flexibility index (Phi) is 8.52. The fraction of sp³-hybridized carbons (Fsp3) is 0.727. The van der Waals surface area contributed by atoms with Gasteiger partial charge in [0.05, 0.1) is 13.6 Å². The Morgan fingerprint density at radius 3 is 2.38 bits per heavy atom. The van der Waals surface area contributed by atoms with Crippen molar-refractivity contribution in [3.63, 3.8) is 0 Å². The molecule has 0 aromatic carbocycles. The molecule has 0 fully saturated rings. The standard InChI is InChI=1S/C11H22NO3.ClH/c1-6-11(14)15-10(4)12(5,7-2)8-9(3)13;/h6,9-10,13H,1,7-8H2,2-5H3;1H/q+1;/p-1. The van der Waals surface area contributed by atoms with Crippen molar-refractivity contribution in [2.24, 2.45) is 0 Å². The Bertz CT molecular complexity index is 233. The SMILES string of the molecule is C=CC(=O)OC(C)[N+](C)(CC)CC(C)O.[Cl-]. The number of carbonyl (C=O) groups excluding carboxylic acids is 1. The molecule has 0 aliphatic heterocycles. The Labute approximate surface area is 104 Å². The highest BCUT2D eigenvalue weighted by molar-refractivity contribution is 5.81. The summed E-state index contributed by atoms with van der Waals surface area (Å²) in [6, 6.07) is 0. The molecular formula is C11H22ClNO3. The molecule has 5 heteroatoms. The molecule has 3 atom stereocenters. The largest absolute Gasteiger partial charge is 1.00 e.